The third-order valence-corrected chi connectivity index (χ3v) is 3.63. The Kier molecular flexibility index (Phi) is 4.25. The van der Waals surface area contributed by atoms with Crippen LogP contribution in [0.3, 0.4) is 0 Å². The molecular weight excluding hydrogens is 283 g/mol. The average molecular weight is 301 g/mol. The minimum absolute atomic E-state index is 0.183. The molecule has 1 atom stereocenters. The summed E-state index contributed by atoms with van der Waals surface area (Å²) in [7, 11) is 0. The summed E-state index contributed by atoms with van der Waals surface area (Å²) in [5.74, 6) is -0.832. The molecule has 4 N–H and O–H groups in total. The van der Waals surface area contributed by atoms with Crippen molar-refractivity contribution in [1.82, 2.24) is 4.90 Å². The SMILES string of the molecule is NC(=O)C(N)(CN(CC(F)(F)F)C1CC1)c1ccccc1. The van der Waals surface area contributed by atoms with Gasteiger partial charge in [0.15, 0.2) is 0 Å². The van der Waals surface area contributed by atoms with Crippen molar-refractivity contribution >= 4 is 5.91 Å². The maximum atomic E-state index is 12.7. The minimum atomic E-state index is -4.34. The van der Waals surface area contributed by atoms with Gasteiger partial charge in [-0.2, -0.15) is 13.2 Å². The van der Waals surface area contributed by atoms with E-state index in [0.29, 0.717) is 18.4 Å². The van der Waals surface area contributed by atoms with E-state index in [1.165, 1.54) is 4.90 Å². The van der Waals surface area contributed by atoms with Crippen LogP contribution in [0.1, 0.15) is 18.4 Å². The Hall–Kier alpha value is -1.60. The van der Waals surface area contributed by atoms with Gasteiger partial charge in [-0.1, -0.05) is 30.3 Å². The Morgan fingerprint density at radius 2 is 1.76 bits per heavy atom. The van der Waals surface area contributed by atoms with Crippen LogP contribution in [0.2, 0.25) is 0 Å². The van der Waals surface area contributed by atoms with Crippen LogP contribution in [0, 0.1) is 0 Å². The van der Waals surface area contributed by atoms with E-state index in [2.05, 4.69) is 0 Å². The zero-order chi connectivity index (χ0) is 15.7. The summed E-state index contributed by atoms with van der Waals surface area (Å²) in [6.45, 7) is -1.33. The van der Waals surface area contributed by atoms with Crippen LogP contribution in [0.25, 0.3) is 0 Å². The molecule has 0 bridgehead atoms. The second-order valence-corrected chi connectivity index (χ2v) is 5.45. The second-order valence-electron chi connectivity index (χ2n) is 5.45. The molecular formula is C14H18F3N3O. The van der Waals surface area contributed by atoms with Gasteiger partial charge in [0.25, 0.3) is 0 Å². The fraction of sp³-hybridized carbons (Fsp3) is 0.500. The summed E-state index contributed by atoms with van der Waals surface area (Å²) in [4.78, 5) is 13.0. The molecule has 4 nitrogen and oxygen atoms in total. The molecule has 1 aliphatic rings. The quantitative estimate of drug-likeness (QED) is 0.833. The summed E-state index contributed by atoms with van der Waals surface area (Å²) < 4.78 is 38.0. The Labute approximate surface area is 120 Å². The third kappa shape index (κ3) is 3.95. The number of primary amides is 1. The molecule has 1 aliphatic carbocycles. The summed E-state index contributed by atoms with van der Waals surface area (Å²) >= 11 is 0. The molecule has 21 heavy (non-hydrogen) atoms. The molecule has 0 aromatic heterocycles. The van der Waals surface area contributed by atoms with Gasteiger partial charge >= 0.3 is 6.18 Å². The summed E-state index contributed by atoms with van der Waals surface area (Å²) in [6.07, 6.45) is -2.97. The van der Waals surface area contributed by atoms with Crippen LogP contribution in [-0.2, 0) is 10.3 Å². The van der Waals surface area contributed by atoms with Gasteiger partial charge in [0.1, 0.15) is 5.54 Å². The van der Waals surface area contributed by atoms with Gasteiger partial charge in [-0.3, -0.25) is 9.69 Å². The standard InChI is InChI=1S/C14H18F3N3O/c15-14(16,17)9-20(11-6-7-11)8-13(19,12(18)21)10-4-2-1-3-5-10/h1-5,11H,6-9,19H2,(H2,18,21). The molecule has 1 aromatic rings. The highest BCUT2D eigenvalue weighted by atomic mass is 19.4. The van der Waals surface area contributed by atoms with Crippen molar-refractivity contribution in [1.29, 1.82) is 0 Å². The summed E-state index contributed by atoms with van der Waals surface area (Å²) in [6, 6.07) is 8.10. The first-order valence-corrected chi connectivity index (χ1v) is 6.67. The molecule has 1 aromatic carbocycles. The zero-order valence-electron chi connectivity index (χ0n) is 11.4. The lowest BCUT2D eigenvalue weighted by molar-refractivity contribution is -0.151. The number of halogens is 3. The first-order valence-electron chi connectivity index (χ1n) is 6.67. The van der Waals surface area contributed by atoms with Crippen molar-refractivity contribution in [2.75, 3.05) is 13.1 Å². The summed E-state index contributed by atoms with van der Waals surface area (Å²) in [5, 5.41) is 0. The van der Waals surface area contributed by atoms with Gasteiger partial charge in [0.05, 0.1) is 6.54 Å². The minimum Gasteiger partial charge on any atom is -0.368 e. The largest absolute Gasteiger partial charge is 0.401 e. The van der Waals surface area contributed by atoms with E-state index in [-0.39, 0.29) is 12.6 Å². The average Bonchev–Trinajstić information content (AvgIpc) is 3.21. The lowest BCUT2D eigenvalue weighted by atomic mass is 9.89. The molecule has 0 radical (unpaired) electrons. The van der Waals surface area contributed by atoms with Crippen LogP contribution < -0.4 is 11.5 Å². The van der Waals surface area contributed by atoms with Crippen LogP contribution in [-0.4, -0.2) is 36.1 Å². The molecule has 1 amide bonds. The van der Waals surface area contributed by atoms with Crippen LogP contribution in [0.5, 0.6) is 0 Å². The van der Waals surface area contributed by atoms with Gasteiger partial charge in [0.2, 0.25) is 5.91 Å². The zero-order valence-corrected chi connectivity index (χ0v) is 11.4. The van der Waals surface area contributed by atoms with Gasteiger partial charge in [0, 0.05) is 12.6 Å². The van der Waals surface area contributed by atoms with Crippen molar-refractivity contribution in [2.24, 2.45) is 11.5 Å². The number of carbonyl (C=O) groups excluding carboxylic acids is 1. The van der Waals surface area contributed by atoms with Crippen molar-refractivity contribution in [3.63, 3.8) is 0 Å². The Morgan fingerprint density at radius 3 is 2.19 bits per heavy atom. The molecule has 1 fully saturated rings. The van der Waals surface area contributed by atoms with Gasteiger partial charge in [-0.15, -0.1) is 0 Å². The molecule has 1 saturated carbocycles. The molecule has 0 aliphatic heterocycles. The van der Waals surface area contributed by atoms with E-state index >= 15 is 0 Å². The highest BCUT2D eigenvalue weighted by molar-refractivity contribution is 5.86. The molecule has 0 heterocycles. The number of rotatable bonds is 6. The maximum absolute atomic E-state index is 12.7. The van der Waals surface area contributed by atoms with E-state index in [0.717, 1.165) is 0 Å². The Bertz CT molecular complexity index is 502. The van der Waals surface area contributed by atoms with Crippen molar-refractivity contribution in [3.05, 3.63) is 35.9 Å². The highest BCUT2D eigenvalue weighted by Gasteiger charge is 2.44. The van der Waals surface area contributed by atoms with Crippen LogP contribution in [0.15, 0.2) is 30.3 Å². The number of amides is 1. The third-order valence-electron chi connectivity index (χ3n) is 3.63. The fourth-order valence-corrected chi connectivity index (χ4v) is 2.35. The monoisotopic (exact) mass is 301 g/mol. The lowest BCUT2D eigenvalue weighted by Gasteiger charge is -2.34. The number of nitrogens with two attached hydrogens (primary N) is 2. The summed E-state index contributed by atoms with van der Waals surface area (Å²) in [5.41, 5.74) is 10.2. The molecule has 0 spiro atoms. The first-order chi connectivity index (χ1) is 9.72. The smallest absolute Gasteiger partial charge is 0.368 e. The lowest BCUT2D eigenvalue weighted by Crippen LogP contribution is -2.57. The predicted octanol–water partition coefficient (Wildman–Crippen LogP) is 1.35. The normalized spacial score (nSPS) is 18.5. The number of alkyl halides is 3. The molecule has 7 heteroatoms. The van der Waals surface area contributed by atoms with Gasteiger partial charge < -0.3 is 11.5 Å². The van der Waals surface area contributed by atoms with E-state index in [1.54, 1.807) is 30.3 Å². The van der Waals surface area contributed by atoms with E-state index in [4.69, 9.17) is 11.5 Å². The second kappa shape index (κ2) is 5.65. The number of hydrogen-bond donors (Lipinski definition) is 2. The van der Waals surface area contributed by atoms with Crippen molar-refractivity contribution in [2.45, 2.75) is 30.6 Å². The fourth-order valence-electron chi connectivity index (χ4n) is 2.35. The topological polar surface area (TPSA) is 72.3 Å². The molecule has 116 valence electrons. The predicted molar refractivity (Wildman–Crippen MR) is 72.2 cm³/mol. The van der Waals surface area contributed by atoms with Crippen LogP contribution >= 0.6 is 0 Å². The van der Waals surface area contributed by atoms with Crippen molar-refractivity contribution in [3.8, 4) is 0 Å². The number of carbonyl (C=O) groups is 1. The molecule has 0 saturated heterocycles. The molecule has 1 unspecified atom stereocenters. The van der Waals surface area contributed by atoms with Gasteiger partial charge in [-0.25, -0.2) is 0 Å². The molecule has 2 rings (SSSR count). The van der Waals surface area contributed by atoms with E-state index in [1.807, 2.05) is 0 Å². The maximum Gasteiger partial charge on any atom is 0.401 e. The van der Waals surface area contributed by atoms with E-state index in [9.17, 15) is 18.0 Å². The first kappa shape index (κ1) is 15.8. The van der Waals surface area contributed by atoms with Gasteiger partial charge in [-0.05, 0) is 18.4 Å². The highest BCUT2D eigenvalue weighted by Crippen LogP contribution is 2.32. The Morgan fingerprint density at radius 1 is 1.19 bits per heavy atom. The van der Waals surface area contributed by atoms with Crippen LogP contribution in [0.4, 0.5) is 13.2 Å². The number of nitrogens with zero attached hydrogens (tertiary/aromatic N) is 1. The number of benzene rings is 1. The number of hydrogen-bond acceptors (Lipinski definition) is 3. The van der Waals surface area contributed by atoms with E-state index < -0.39 is 24.2 Å². The Balaban J connectivity index is 2.24. The van der Waals surface area contributed by atoms with Crippen molar-refractivity contribution < 1.29 is 18.0 Å².